The van der Waals surface area contributed by atoms with Crippen LogP contribution in [0.5, 0.6) is 0 Å². The van der Waals surface area contributed by atoms with E-state index in [-0.39, 0.29) is 0 Å². The zero-order chi connectivity index (χ0) is 13.4. The molecule has 3 aromatic rings. The Morgan fingerprint density at radius 1 is 1.21 bits per heavy atom. The van der Waals surface area contributed by atoms with E-state index in [1.165, 1.54) is 4.88 Å². The fourth-order valence-electron chi connectivity index (χ4n) is 1.92. The fourth-order valence-corrected chi connectivity index (χ4v) is 2.98. The van der Waals surface area contributed by atoms with Crippen molar-refractivity contribution >= 4 is 39.7 Å². The smallest absolute Gasteiger partial charge is 0.172 e. The summed E-state index contributed by atoms with van der Waals surface area (Å²) < 4.78 is 0. The van der Waals surface area contributed by atoms with Crippen LogP contribution in [0.1, 0.15) is 11.8 Å². The van der Waals surface area contributed by atoms with Crippen LogP contribution in [0.2, 0.25) is 5.02 Å². The van der Waals surface area contributed by atoms with Crippen molar-refractivity contribution in [2.75, 3.05) is 5.73 Å². The highest BCUT2D eigenvalue weighted by Crippen LogP contribution is 2.29. The molecular formula is C14H12ClN3S. The van der Waals surface area contributed by atoms with Gasteiger partial charge in [0.05, 0.1) is 10.4 Å². The van der Waals surface area contributed by atoms with Crippen LogP contribution in [0.3, 0.4) is 0 Å². The summed E-state index contributed by atoms with van der Waals surface area (Å²) in [4.78, 5) is 11.3. The number of halogens is 1. The molecule has 0 aliphatic rings. The van der Waals surface area contributed by atoms with Gasteiger partial charge in [-0.1, -0.05) is 18.5 Å². The van der Waals surface area contributed by atoms with Gasteiger partial charge in [0.25, 0.3) is 0 Å². The van der Waals surface area contributed by atoms with E-state index in [1.54, 1.807) is 17.4 Å². The van der Waals surface area contributed by atoms with Crippen molar-refractivity contribution in [2.24, 2.45) is 0 Å². The van der Waals surface area contributed by atoms with E-state index in [1.807, 2.05) is 18.2 Å². The predicted octanol–water partition coefficient (Wildman–Crippen LogP) is 4.16. The van der Waals surface area contributed by atoms with Crippen LogP contribution in [0.15, 0.2) is 30.3 Å². The van der Waals surface area contributed by atoms with E-state index in [9.17, 15) is 0 Å². The second kappa shape index (κ2) is 4.79. The van der Waals surface area contributed by atoms with E-state index in [2.05, 4.69) is 23.0 Å². The van der Waals surface area contributed by atoms with Crippen molar-refractivity contribution in [1.82, 2.24) is 9.97 Å². The van der Waals surface area contributed by atoms with Crippen molar-refractivity contribution in [3.63, 3.8) is 0 Å². The molecular weight excluding hydrogens is 278 g/mol. The molecule has 96 valence electrons. The summed E-state index contributed by atoms with van der Waals surface area (Å²) in [6.45, 7) is 2.13. The average molecular weight is 290 g/mol. The van der Waals surface area contributed by atoms with Crippen molar-refractivity contribution in [2.45, 2.75) is 13.3 Å². The number of rotatable bonds is 2. The number of anilines is 1. The highest BCUT2D eigenvalue weighted by molar-refractivity contribution is 7.15. The molecule has 2 heterocycles. The topological polar surface area (TPSA) is 51.8 Å². The molecule has 0 radical (unpaired) electrons. The lowest BCUT2D eigenvalue weighted by Crippen LogP contribution is -1.96. The molecule has 0 unspecified atom stereocenters. The average Bonchev–Trinajstić information content (AvgIpc) is 2.88. The van der Waals surface area contributed by atoms with Crippen molar-refractivity contribution in [3.8, 4) is 10.7 Å². The van der Waals surface area contributed by atoms with E-state index >= 15 is 0 Å². The number of hydrogen-bond acceptors (Lipinski definition) is 4. The lowest BCUT2D eigenvalue weighted by molar-refractivity contribution is 1.19. The van der Waals surface area contributed by atoms with Gasteiger partial charge >= 0.3 is 0 Å². The summed E-state index contributed by atoms with van der Waals surface area (Å²) in [6.07, 6.45) is 1.02. The van der Waals surface area contributed by atoms with Crippen molar-refractivity contribution < 1.29 is 0 Å². The zero-order valence-electron chi connectivity index (χ0n) is 10.4. The first kappa shape index (κ1) is 12.4. The van der Waals surface area contributed by atoms with Gasteiger partial charge in [-0.3, -0.25) is 0 Å². The van der Waals surface area contributed by atoms with Gasteiger partial charge in [0.15, 0.2) is 5.82 Å². The second-order valence-corrected chi connectivity index (χ2v) is 5.82. The van der Waals surface area contributed by atoms with Gasteiger partial charge in [0, 0.05) is 15.3 Å². The molecule has 0 fully saturated rings. The standard InChI is InChI=1S/C14H12ClN3S/c1-2-9-4-6-12(19-9)14-17-11-5-3-8(15)7-10(11)13(16)18-14/h3-7H,2H2,1H3,(H2,16,17,18). The summed E-state index contributed by atoms with van der Waals surface area (Å²) >= 11 is 7.66. The molecule has 2 aromatic heterocycles. The summed E-state index contributed by atoms with van der Waals surface area (Å²) in [7, 11) is 0. The third-order valence-electron chi connectivity index (χ3n) is 2.92. The lowest BCUT2D eigenvalue weighted by Gasteiger charge is -2.04. The number of fused-ring (bicyclic) bond motifs is 1. The number of benzene rings is 1. The van der Waals surface area contributed by atoms with Crippen LogP contribution < -0.4 is 5.73 Å². The first-order valence-electron chi connectivity index (χ1n) is 5.99. The van der Waals surface area contributed by atoms with Gasteiger partial charge in [-0.05, 0) is 36.8 Å². The number of aryl methyl sites for hydroxylation is 1. The largest absolute Gasteiger partial charge is 0.383 e. The van der Waals surface area contributed by atoms with E-state index < -0.39 is 0 Å². The lowest BCUT2D eigenvalue weighted by atomic mass is 10.2. The van der Waals surface area contributed by atoms with Crippen LogP contribution in [0.25, 0.3) is 21.6 Å². The van der Waals surface area contributed by atoms with Gasteiger partial charge in [0.2, 0.25) is 0 Å². The first-order valence-corrected chi connectivity index (χ1v) is 7.18. The maximum Gasteiger partial charge on any atom is 0.172 e. The normalized spacial score (nSPS) is 11.1. The van der Waals surface area contributed by atoms with Crippen LogP contribution in [0.4, 0.5) is 5.82 Å². The first-order chi connectivity index (χ1) is 9.17. The van der Waals surface area contributed by atoms with Gasteiger partial charge in [0.1, 0.15) is 5.82 Å². The number of nitrogens with two attached hydrogens (primary N) is 1. The highest BCUT2D eigenvalue weighted by Gasteiger charge is 2.09. The van der Waals surface area contributed by atoms with Gasteiger partial charge < -0.3 is 5.73 Å². The molecule has 0 aliphatic carbocycles. The summed E-state index contributed by atoms with van der Waals surface area (Å²) in [5.41, 5.74) is 6.82. The zero-order valence-corrected chi connectivity index (χ0v) is 11.9. The molecule has 19 heavy (non-hydrogen) atoms. The van der Waals surface area contributed by atoms with E-state index in [0.717, 1.165) is 22.2 Å². The number of thiophene rings is 1. The maximum absolute atomic E-state index is 6.00. The minimum atomic E-state index is 0.467. The van der Waals surface area contributed by atoms with Crippen LogP contribution in [-0.4, -0.2) is 9.97 Å². The number of aromatic nitrogens is 2. The quantitative estimate of drug-likeness (QED) is 0.771. The molecule has 0 bridgehead atoms. The summed E-state index contributed by atoms with van der Waals surface area (Å²) in [5.74, 6) is 1.14. The molecule has 2 N–H and O–H groups in total. The number of nitrogens with zero attached hydrogens (tertiary/aromatic N) is 2. The van der Waals surface area contributed by atoms with E-state index in [0.29, 0.717) is 16.7 Å². The molecule has 1 aromatic carbocycles. The fraction of sp³-hybridized carbons (Fsp3) is 0.143. The molecule has 0 aliphatic heterocycles. The summed E-state index contributed by atoms with van der Waals surface area (Å²) in [5, 5.41) is 1.43. The van der Waals surface area contributed by atoms with Crippen molar-refractivity contribution in [3.05, 3.63) is 40.2 Å². The molecule has 0 saturated heterocycles. The maximum atomic E-state index is 6.00. The SMILES string of the molecule is CCc1ccc(-c2nc(N)c3cc(Cl)ccc3n2)s1. The molecule has 0 saturated carbocycles. The monoisotopic (exact) mass is 289 g/mol. The Balaban J connectivity index is 2.17. The van der Waals surface area contributed by atoms with Gasteiger partial charge in [-0.2, -0.15) is 0 Å². The molecule has 5 heteroatoms. The second-order valence-electron chi connectivity index (χ2n) is 4.21. The minimum Gasteiger partial charge on any atom is -0.383 e. The molecule has 3 rings (SSSR count). The highest BCUT2D eigenvalue weighted by atomic mass is 35.5. The van der Waals surface area contributed by atoms with Crippen molar-refractivity contribution in [1.29, 1.82) is 0 Å². The predicted molar refractivity (Wildman–Crippen MR) is 81.7 cm³/mol. The van der Waals surface area contributed by atoms with E-state index in [4.69, 9.17) is 17.3 Å². The van der Waals surface area contributed by atoms with Gasteiger partial charge in [-0.25, -0.2) is 9.97 Å². The Hall–Kier alpha value is -1.65. The Morgan fingerprint density at radius 2 is 2.05 bits per heavy atom. The van der Waals surface area contributed by atoms with Crippen LogP contribution in [0, 0.1) is 0 Å². The van der Waals surface area contributed by atoms with Crippen LogP contribution >= 0.6 is 22.9 Å². The molecule has 0 amide bonds. The molecule has 0 spiro atoms. The Labute approximate surface area is 120 Å². The van der Waals surface area contributed by atoms with Gasteiger partial charge in [-0.15, -0.1) is 11.3 Å². The minimum absolute atomic E-state index is 0.467. The Morgan fingerprint density at radius 3 is 2.79 bits per heavy atom. The molecule has 3 nitrogen and oxygen atoms in total. The van der Waals surface area contributed by atoms with Crippen LogP contribution in [-0.2, 0) is 6.42 Å². The number of hydrogen-bond donors (Lipinski definition) is 1. The Bertz CT molecular complexity index is 752. The number of nitrogen functional groups attached to an aromatic ring is 1. The third-order valence-corrected chi connectivity index (χ3v) is 4.38. The summed E-state index contributed by atoms with van der Waals surface area (Å²) in [6, 6.07) is 9.62. The Kier molecular flexibility index (Phi) is 3.12. The third kappa shape index (κ3) is 2.29. The molecule has 0 atom stereocenters.